The van der Waals surface area contributed by atoms with Gasteiger partial charge in [-0.3, -0.25) is 28.8 Å². The molecule has 173 valence electrons. The van der Waals surface area contributed by atoms with Crippen LogP contribution in [0.4, 0.5) is 0 Å². The van der Waals surface area contributed by atoms with Crippen LogP contribution in [0.25, 0.3) is 0 Å². The van der Waals surface area contributed by atoms with Gasteiger partial charge in [0.25, 0.3) is 0 Å². The molecule has 0 atom stereocenters. The van der Waals surface area contributed by atoms with Crippen molar-refractivity contribution in [3.05, 3.63) is 0 Å². The van der Waals surface area contributed by atoms with E-state index in [4.69, 9.17) is 0 Å². The molecule has 3 rings (SSSR count). The Morgan fingerprint density at radius 3 is 0.774 bits per heavy atom. The van der Waals surface area contributed by atoms with E-state index in [9.17, 15) is 28.8 Å². The minimum absolute atomic E-state index is 0. The fraction of sp³-hybridized carbons (Fsp3) is 0.714. The SMILES string of the molecule is CC(=O)CC(=O)N1CCC1.CC(=O)CC(=O)N1CCC1.CC(=O)CC(=O)N1CCC1.[Fe+3]. The van der Waals surface area contributed by atoms with Crippen LogP contribution >= 0.6 is 0 Å². The number of nitrogens with zero attached hydrogens (tertiary/aromatic N) is 3. The molecular weight excluding hydrogens is 446 g/mol. The van der Waals surface area contributed by atoms with Crippen LogP contribution in [-0.2, 0) is 45.8 Å². The average molecular weight is 479 g/mol. The third-order valence-corrected chi connectivity index (χ3v) is 4.83. The van der Waals surface area contributed by atoms with E-state index in [1.807, 2.05) is 0 Å². The van der Waals surface area contributed by atoms with Crippen molar-refractivity contribution in [3.8, 4) is 0 Å². The van der Waals surface area contributed by atoms with E-state index >= 15 is 0 Å². The zero-order valence-corrected chi connectivity index (χ0v) is 19.7. The molecule has 3 amide bonds. The number of ketones is 3. The van der Waals surface area contributed by atoms with Crippen LogP contribution in [0.1, 0.15) is 59.3 Å². The Kier molecular flexibility index (Phi) is 13.9. The Morgan fingerprint density at radius 2 is 0.677 bits per heavy atom. The van der Waals surface area contributed by atoms with E-state index in [0.29, 0.717) is 0 Å². The quantitative estimate of drug-likeness (QED) is 0.407. The summed E-state index contributed by atoms with van der Waals surface area (Å²) in [5.74, 6) is -0.179. The molecule has 3 aliphatic rings. The first-order valence-corrected chi connectivity index (χ1v) is 10.4. The zero-order valence-electron chi connectivity index (χ0n) is 18.6. The first-order chi connectivity index (χ1) is 14.1. The van der Waals surface area contributed by atoms with Gasteiger partial charge < -0.3 is 14.7 Å². The van der Waals surface area contributed by atoms with E-state index in [2.05, 4.69) is 0 Å². The van der Waals surface area contributed by atoms with Crippen LogP contribution in [0.5, 0.6) is 0 Å². The second-order valence-electron chi connectivity index (χ2n) is 7.84. The van der Waals surface area contributed by atoms with Gasteiger partial charge in [0, 0.05) is 39.3 Å². The van der Waals surface area contributed by atoms with Crippen LogP contribution in [-0.4, -0.2) is 89.0 Å². The molecular formula is C21H33FeN3O6+3. The van der Waals surface area contributed by atoms with Gasteiger partial charge in [-0.05, 0) is 40.0 Å². The second kappa shape index (κ2) is 14.9. The largest absolute Gasteiger partial charge is 3.00 e. The molecule has 0 aromatic carbocycles. The zero-order chi connectivity index (χ0) is 22.7. The summed E-state index contributed by atoms with van der Waals surface area (Å²) in [6.07, 6.45) is 3.51. The van der Waals surface area contributed by atoms with Gasteiger partial charge in [0.1, 0.15) is 17.3 Å². The van der Waals surface area contributed by atoms with E-state index in [1.165, 1.54) is 20.8 Å². The van der Waals surface area contributed by atoms with Crippen LogP contribution in [0, 0.1) is 0 Å². The summed E-state index contributed by atoms with van der Waals surface area (Å²) in [5.41, 5.74) is 0. The summed E-state index contributed by atoms with van der Waals surface area (Å²) in [7, 11) is 0. The number of likely N-dealkylation sites (tertiary alicyclic amines) is 3. The summed E-state index contributed by atoms with van der Waals surface area (Å²) < 4.78 is 0. The predicted octanol–water partition coefficient (Wildman–Crippen LogP) is 0.591. The topological polar surface area (TPSA) is 112 Å². The monoisotopic (exact) mass is 479 g/mol. The molecule has 0 saturated carbocycles. The first kappa shape index (κ1) is 28.9. The van der Waals surface area contributed by atoms with Crippen LogP contribution < -0.4 is 0 Å². The number of carbonyl (C=O) groups is 6. The molecule has 0 aliphatic carbocycles. The Morgan fingerprint density at radius 1 is 0.484 bits per heavy atom. The Labute approximate surface area is 194 Å². The maximum Gasteiger partial charge on any atom is 3.00 e. The minimum Gasteiger partial charge on any atom is -0.342 e. The van der Waals surface area contributed by atoms with Crippen molar-refractivity contribution < 1.29 is 45.8 Å². The standard InChI is InChI=1S/3C7H11NO2.Fe/c3*1-6(9)5-7(10)8-3-2-4-8;/h3*2-5H2,1H3;/q;;;+3. The van der Waals surface area contributed by atoms with Gasteiger partial charge in [0.15, 0.2) is 0 Å². The molecule has 3 fully saturated rings. The number of amides is 3. The summed E-state index contributed by atoms with van der Waals surface area (Å²) in [6.45, 7) is 9.36. The van der Waals surface area contributed by atoms with E-state index < -0.39 is 0 Å². The van der Waals surface area contributed by atoms with Crippen molar-refractivity contribution in [2.24, 2.45) is 0 Å². The molecule has 1 radical (unpaired) electrons. The summed E-state index contributed by atoms with van der Waals surface area (Å²) in [4.78, 5) is 69.3. The second-order valence-corrected chi connectivity index (χ2v) is 7.84. The third kappa shape index (κ3) is 11.8. The van der Waals surface area contributed by atoms with Crippen molar-refractivity contribution in [2.45, 2.75) is 59.3 Å². The van der Waals surface area contributed by atoms with Crippen LogP contribution in [0.3, 0.4) is 0 Å². The number of carbonyl (C=O) groups excluding carboxylic acids is 6. The van der Waals surface area contributed by atoms with Crippen LogP contribution in [0.2, 0.25) is 0 Å². The van der Waals surface area contributed by atoms with E-state index in [1.54, 1.807) is 14.7 Å². The molecule has 9 nitrogen and oxygen atoms in total. The van der Waals surface area contributed by atoms with Gasteiger partial charge in [0.2, 0.25) is 17.7 Å². The van der Waals surface area contributed by atoms with Crippen molar-refractivity contribution in [1.82, 2.24) is 14.7 Å². The minimum atomic E-state index is -0.0445. The molecule has 0 N–H and O–H groups in total. The van der Waals surface area contributed by atoms with Gasteiger partial charge in [-0.1, -0.05) is 0 Å². The van der Waals surface area contributed by atoms with Gasteiger partial charge in [-0.25, -0.2) is 0 Å². The van der Waals surface area contributed by atoms with Crippen molar-refractivity contribution in [1.29, 1.82) is 0 Å². The molecule has 3 heterocycles. The molecule has 0 unspecified atom stereocenters. The number of hydrogen-bond acceptors (Lipinski definition) is 6. The normalized spacial score (nSPS) is 15.8. The van der Waals surface area contributed by atoms with Crippen molar-refractivity contribution >= 4 is 35.1 Å². The fourth-order valence-electron chi connectivity index (χ4n) is 2.67. The van der Waals surface area contributed by atoms with E-state index in [-0.39, 0.29) is 71.4 Å². The first-order valence-electron chi connectivity index (χ1n) is 10.4. The maximum absolute atomic E-state index is 10.9. The van der Waals surface area contributed by atoms with Gasteiger partial charge in [0.05, 0.1) is 19.3 Å². The maximum atomic E-state index is 10.9. The molecule has 10 heteroatoms. The summed E-state index contributed by atoms with van der Waals surface area (Å²) in [5, 5.41) is 0. The van der Waals surface area contributed by atoms with Crippen molar-refractivity contribution in [2.75, 3.05) is 39.3 Å². The molecule has 31 heavy (non-hydrogen) atoms. The number of rotatable bonds is 6. The molecule has 0 bridgehead atoms. The molecule has 0 spiro atoms. The summed E-state index contributed by atoms with van der Waals surface area (Å²) >= 11 is 0. The van der Waals surface area contributed by atoms with Gasteiger partial charge in [-0.15, -0.1) is 0 Å². The number of hydrogen-bond donors (Lipinski definition) is 0. The third-order valence-electron chi connectivity index (χ3n) is 4.83. The van der Waals surface area contributed by atoms with E-state index in [0.717, 1.165) is 58.5 Å². The molecule has 0 aromatic heterocycles. The molecule has 3 aliphatic heterocycles. The van der Waals surface area contributed by atoms with Crippen LogP contribution in [0.15, 0.2) is 0 Å². The molecule has 0 aromatic rings. The Balaban J connectivity index is 0.000000429. The van der Waals surface area contributed by atoms with Crippen molar-refractivity contribution in [3.63, 3.8) is 0 Å². The number of Topliss-reactive ketones (excluding diaryl/α,β-unsaturated/α-hetero) is 3. The molecule has 3 saturated heterocycles. The van der Waals surface area contributed by atoms with Gasteiger partial charge in [-0.2, -0.15) is 0 Å². The Hall–Kier alpha value is -2.06. The Bertz CT molecular complexity index is 580. The average Bonchev–Trinajstić information content (AvgIpc) is 2.39. The predicted molar refractivity (Wildman–Crippen MR) is 109 cm³/mol. The van der Waals surface area contributed by atoms with Gasteiger partial charge >= 0.3 is 17.1 Å². The summed E-state index contributed by atoms with van der Waals surface area (Å²) in [6, 6.07) is 0. The fourth-order valence-corrected chi connectivity index (χ4v) is 2.67. The smallest absolute Gasteiger partial charge is 0.342 e.